The molecular weight excluding hydrogens is 195 g/mol. The number of nitrogens with two attached hydrogens (primary N) is 2. The first kappa shape index (κ1) is 10.8. The predicted octanol–water partition coefficient (Wildman–Crippen LogP) is 1.62. The molecule has 0 aliphatic rings. The third-order valence-electron chi connectivity index (χ3n) is 1.72. The van der Waals surface area contributed by atoms with Crippen molar-refractivity contribution in [3.05, 3.63) is 23.9 Å². The lowest BCUT2D eigenvalue weighted by molar-refractivity contribution is -0.138. The normalized spacial score (nSPS) is 14.0. The Morgan fingerprint density at radius 2 is 2.07 bits per heavy atom. The smallest absolute Gasteiger partial charge is 0.383 e. The third-order valence-corrected chi connectivity index (χ3v) is 1.72. The van der Waals surface area contributed by atoms with Crippen molar-refractivity contribution in [2.45, 2.75) is 18.6 Å². The molecule has 0 saturated carbocycles. The summed E-state index contributed by atoms with van der Waals surface area (Å²) in [5.41, 5.74) is 11.0. The fourth-order valence-corrected chi connectivity index (χ4v) is 1.10. The lowest BCUT2D eigenvalue weighted by Crippen LogP contribution is -2.21. The number of hydrogen-bond acceptors (Lipinski definition) is 3. The van der Waals surface area contributed by atoms with E-state index in [4.69, 9.17) is 11.5 Å². The van der Waals surface area contributed by atoms with E-state index in [0.717, 1.165) is 0 Å². The molecule has 0 spiro atoms. The molecule has 0 unspecified atom stereocenters. The van der Waals surface area contributed by atoms with Gasteiger partial charge in [0.15, 0.2) is 0 Å². The van der Waals surface area contributed by atoms with E-state index in [-0.39, 0.29) is 11.4 Å². The third kappa shape index (κ3) is 2.88. The Morgan fingerprint density at radius 1 is 1.43 bits per heavy atom. The molecule has 1 rings (SSSR count). The van der Waals surface area contributed by atoms with E-state index in [2.05, 4.69) is 4.98 Å². The molecule has 1 aromatic heterocycles. The molecule has 0 fully saturated rings. The highest BCUT2D eigenvalue weighted by Gasteiger charge is 2.31. The summed E-state index contributed by atoms with van der Waals surface area (Å²) in [5, 5.41) is 0. The summed E-state index contributed by atoms with van der Waals surface area (Å²) in [6.45, 7) is 0. The lowest BCUT2D eigenvalue weighted by Gasteiger charge is -2.15. The van der Waals surface area contributed by atoms with Gasteiger partial charge >= 0.3 is 6.18 Å². The molecule has 1 heterocycles. The number of anilines is 1. The summed E-state index contributed by atoms with van der Waals surface area (Å²) in [4.78, 5) is 3.66. The van der Waals surface area contributed by atoms with Gasteiger partial charge in [0, 0.05) is 17.8 Å². The Balaban J connectivity index is 2.80. The van der Waals surface area contributed by atoms with Gasteiger partial charge in [0.05, 0.1) is 6.42 Å². The van der Waals surface area contributed by atoms with Crippen molar-refractivity contribution < 1.29 is 13.2 Å². The minimum absolute atomic E-state index is 0.0456. The van der Waals surface area contributed by atoms with Gasteiger partial charge in [0.25, 0.3) is 0 Å². The Kier molecular flexibility index (Phi) is 2.95. The molecule has 1 aromatic rings. The van der Waals surface area contributed by atoms with Gasteiger partial charge in [-0.25, -0.2) is 4.98 Å². The quantitative estimate of drug-likeness (QED) is 0.770. The van der Waals surface area contributed by atoms with Crippen LogP contribution in [0.1, 0.15) is 18.0 Å². The van der Waals surface area contributed by atoms with E-state index in [1.54, 1.807) is 0 Å². The minimum Gasteiger partial charge on any atom is -0.383 e. The van der Waals surface area contributed by atoms with Crippen molar-refractivity contribution in [3.63, 3.8) is 0 Å². The van der Waals surface area contributed by atoms with E-state index in [1.807, 2.05) is 0 Å². The van der Waals surface area contributed by atoms with Crippen molar-refractivity contribution >= 4 is 5.82 Å². The fourth-order valence-electron chi connectivity index (χ4n) is 1.10. The molecule has 0 radical (unpaired) electrons. The zero-order valence-electron chi connectivity index (χ0n) is 7.25. The van der Waals surface area contributed by atoms with Crippen LogP contribution in [0.5, 0.6) is 0 Å². The van der Waals surface area contributed by atoms with Crippen molar-refractivity contribution in [3.8, 4) is 0 Å². The highest BCUT2D eigenvalue weighted by Crippen LogP contribution is 2.29. The standard InChI is InChI=1S/C8H10F3N3/c9-8(10,11)4-6(12)5-2-1-3-14-7(5)13/h1-3,6H,4,12H2,(H2,13,14)/t6-/m0/s1. The van der Waals surface area contributed by atoms with E-state index in [0.29, 0.717) is 0 Å². The van der Waals surface area contributed by atoms with Crippen molar-refractivity contribution in [2.24, 2.45) is 5.73 Å². The molecule has 4 N–H and O–H groups in total. The van der Waals surface area contributed by atoms with Gasteiger partial charge in [0.2, 0.25) is 0 Å². The van der Waals surface area contributed by atoms with Crippen LogP contribution in [0.25, 0.3) is 0 Å². The molecule has 0 aliphatic carbocycles. The summed E-state index contributed by atoms with van der Waals surface area (Å²) >= 11 is 0. The van der Waals surface area contributed by atoms with Gasteiger partial charge in [-0.05, 0) is 6.07 Å². The highest BCUT2D eigenvalue weighted by molar-refractivity contribution is 5.40. The van der Waals surface area contributed by atoms with Crippen LogP contribution in [0.2, 0.25) is 0 Å². The molecule has 0 amide bonds. The zero-order chi connectivity index (χ0) is 10.8. The Bertz CT molecular complexity index is 311. The van der Waals surface area contributed by atoms with Crippen molar-refractivity contribution in [2.75, 3.05) is 5.73 Å². The average Bonchev–Trinajstić information content (AvgIpc) is 2.01. The first-order valence-corrected chi connectivity index (χ1v) is 3.93. The Labute approximate surface area is 78.9 Å². The van der Waals surface area contributed by atoms with Gasteiger partial charge in [0.1, 0.15) is 5.82 Å². The van der Waals surface area contributed by atoms with Gasteiger partial charge < -0.3 is 11.5 Å². The summed E-state index contributed by atoms with van der Waals surface area (Å²) < 4.78 is 35.9. The van der Waals surface area contributed by atoms with E-state index in [1.165, 1.54) is 18.3 Å². The van der Waals surface area contributed by atoms with Crippen LogP contribution in [-0.4, -0.2) is 11.2 Å². The monoisotopic (exact) mass is 205 g/mol. The number of aromatic nitrogens is 1. The van der Waals surface area contributed by atoms with Gasteiger partial charge in [-0.3, -0.25) is 0 Å². The number of nitrogens with zero attached hydrogens (tertiary/aromatic N) is 1. The zero-order valence-corrected chi connectivity index (χ0v) is 7.25. The first-order valence-electron chi connectivity index (χ1n) is 3.93. The number of nitrogen functional groups attached to an aromatic ring is 1. The SMILES string of the molecule is Nc1ncccc1[C@@H](N)CC(F)(F)F. The first-order chi connectivity index (χ1) is 6.40. The lowest BCUT2D eigenvalue weighted by atomic mass is 10.1. The Morgan fingerprint density at radius 3 is 2.57 bits per heavy atom. The van der Waals surface area contributed by atoms with Crippen LogP contribution in [0.3, 0.4) is 0 Å². The fraction of sp³-hybridized carbons (Fsp3) is 0.375. The molecule has 0 aromatic carbocycles. The van der Waals surface area contributed by atoms with Crippen molar-refractivity contribution in [1.82, 2.24) is 4.98 Å². The second-order valence-electron chi connectivity index (χ2n) is 2.90. The number of alkyl halides is 3. The van der Waals surface area contributed by atoms with Gasteiger partial charge in [-0.1, -0.05) is 6.07 Å². The minimum atomic E-state index is -4.29. The molecule has 0 saturated heterocycles. The van der Waals surface area contributed by atoms with Crippen LogP contribution in [0, 0.1) is 0 Å². The van der Waals surface area contributed by atoms with E-state index >= 15 is 0 Å². The molecule has 0 bridgehead atoms. The number of hydrogen-bond donors (Lipinski definition) is 2. The van der Waals surface area contributed by atoms with Crippen LogP contribution in [0.15, 0.2) is 18.3 Å². The maximum absolute atomic E-state index is 12.0. The second-order valence-corrected chi connectivity index (χ2v) is 2.90. The van der Waals surface area contributed by atoms with Gasteiger partial charge in [-0.2, -0.15) is 13.2 Å². The molecule has 78 valence electrons. The summed E-state index contributed by atoms with van der Waals surface area (Å²) in [6, 6.07) is 1.80. The largest absolute Gasteiger partial charge is 0.390 e. The van der Waals surface area contributed by atoms with Crippen molar-refractivity contribution in [1.29, 1.82) is 0 Å². The molecular formula is C8H10F3N3. The van der Waals surface area contributed by atoms with E-state index < -0.39 is 18.6 Å². The van der Waals surface area contributed by atoms with Crippen LogP contribution in [0.4, 0.5) is 19.0 Å². The van der Waals surface area contributed by atoms with Crippen LogP contribution < -0.4 is 11.5 Å². The average molecular weight is 205 g/mol. The van der Waals surface area contributed by atoms with Crippen LogP contribution in [-0.2, 0) is 0 Å². The van der Waals surface area contributed by atoms with Crippen LogP contribution >= 0.6 is 0 Å². The molecule has 6 heteroatoms. The summed E-state index contributed by atoms with van der Waals surface area (Å²) in [7, 11) is 0. The predicted molar refractivity (Wildman–Crippen MR) is 46.2 cm³/mol. The highest BCUT2D eigenvalue weighted by atomic mass is 19.4. The topological polar surface area (TPSA) is 64.9 Å². The number of halogens is 3. The summed E-state index contributed by atoms with van der Waals surface area (Å²) in [5.74, 6) is 0.0456. The molecule has 14 heavy (non-hydrogen) atoms. The molecule has 1 atom stereocenters. The second kappa shape index (κ2) is 3.83. The Hall–Kier alpha value is -1.30. The number of pyridine rings is 1. The maximum Gasteiger partial charge on any atom is 0.390 e. The van der Waals surface area contributed by atoms with Gasteiger partial charge in [-0.15, -0.1) is 0 Å². The number of rotatable bonds is 2. The molecule has 0 aliphatic heterocycles. The summed E-state index contributed by atoms with van der Waals surface area (Å²) in [6.07, 6.45) is -3.98. The molecule has 3 nitrogen and oxygen atoms in total. The van der Waals surface area contributed by atoms with E-state index in [9.17, 15) is 13.2 Å². The maximum atomic E-state index is 12.0.